The molecule has 1 saturated heterocycles. The first kappa shape index (κ1) is 9.85. The summed E-state index contributed by atoms with van der Waals surface area (Å²) in [7, 11) is 0. The zero-order chi connectivity index (χ0) is 10.3. The van der Waals surface area contributed by atoms with E-state index in [0.717, 1.165) is 35.8 Å². The lowest BCUT2D eigenvalue weighted by atomic mass is 9.91. The number of carbonyl (C=O) groups is 1. The summed E-state index contributed by atoms with van der Waals surface area (Å²) in [5, 5.41) is 29.5. The van der Waals surface area contributed by atoms with E-state index in [1.807, 2.05) is 0 Å². The highest BCUT2D eigenvalue weighted by Crippen LogP contribution is 2.33. The molecule has 0 bridgehead atoms. The minimum absolute atomic E-state index is 0.241. The summed E-state index contributed by atoms with van der Waals surface area (Å²) in [5.41, 5.74) is 0. The van der Waals surface area contributed by atoms with Gasteiger partial charge in [0.15, 0.2) is 0 Å². The molecule has 2 fully saturated rings. The van der Waals surface area contributed by atoms with Gasteiger partial charge in [0.05, 0.1) is 12.1 Å². The first-order valence-electron chi connectivity index (χ1n) is 4.80. The monoisotopic (exact) mass is 202 g/mol. The Morgan fingerprint density at radius 1 is 1.07 bits per heavy atom. The third-order valence-electron chi connectivity index (χ3n) is 3.10. The summed E-state index contributed by atoms with van der Waals surface area (Å²) >= 11 is 0. The summed E-state index contributed by atoms with van der Waals surface area (Å²) in [6, 6.07) is -0.482. The SMILES string of the molecule is O=C(O)C1N(O)[C@@H]2CCCC[C@@H]2N1O. The van der Waals surface area contributed by atoms with Crippen LogP contribution in [-0.4, -0.2) is 49.9 Å². The third kappa shape index (κ3) is 1.31. The van der Waals surface area contributed by atoms with Crippen molar-refractivity contribution in [2.45, 2.75) is 43.9 Å². The van der Waals surface area contributed by atoms with Crippen molar-refractivity contribution in [3.05, 3.63) is 0 Å². The predicted octanol–water partition coefficient (Wildman–Crippen LogP) is 0.104. The molecule has 0 aromatic heterocycles. The van der Waals surface area contributed by atoms with Crippen LogP contribution in [0.1, 0.15) is 25.7 Å². The zero-order valence-corrected chi connectivity index (χ0v) is 7.70. The quantitative estimate of drug-likeness (QED) is 0.559. The smallest absolute Gasteiger partial charge is 0.340 e. The molecule has 6 heteroatoms. The highest BCUT2D eigenvalue weighted by Gasteiger charge is 2.50. The third-order valence-corrected chi connectivity index (χ3v) is 3.10. The number of nitrogens with zero attached hydrogens (tertiary/aromatic N) is 2. The van der Waals surface area contributed by atoms with Crippen LogP contribution < -0.4 is 0 Å². The second-order valence-electron chi connectivity index (χ2n) is 3.89. The number of rotatable bonds is 1. The van der Waals surface area contributed by atoms with Crippen molar-refractivity contribution in [1.29, 1.82) is 0 Å². The Bertz CT molecular complexity index is 229. The van der Waals surface area contributed by atoms with E-state index in [-0.39, 0.29) is 12.1 Å². The summed E-state index contributed by atoms with van der Waals surface area (Å²) in [6.45, 7) is 0. The fourth-order valence-corrected chi connectivity index (χ4v) is 2.42. The Hall–Kier alpha value is -0.690. The molecule has 2 rings (SSSR count). The molecule has 1 saturated carbocycles. The molecule has 1 unspecified atom stereocenters. The lowest BCUT2D eigenvalue weighted by molar-refractivity contribution is -0.218. The van der Waals surface area contributed by atoms with E-state index in [1.165, 1.54) is 0 Å². The lowest BCUT2D eigenvalue weighted by Crippen LogP contribution is -2.43. The van der Waals surface area contributed by atoms with Crippen molar-refractivity contribution in [3.8, 4) is 0 Å². The van der Waals surface area contributed by atoms with E-state index in [9.17, 15) is 15.2 Å². The number of hydroxylamine groups is 4. The molecule has 0 radical (unpaired) electrons. The number of fused-ring (bicyclic) bond motifs is 1. The van der Waals surface area contributed by atoms with Crippen molar-refractivity contribution >= 4 is 5.97 Å². The van der Waals surface area contributed by atoms with E-state index in [0.29, 0.717) is 0 Å². The maximum atomic E-state index is 10.8. The summed E-state index contributed by atoms with van der Waals surface area (Å²) in [5.74, 6) is -1.22. The Labute approximate surface area is 81.3 Å². The van der Waals surface area contributed by atoms with Crippen LogP contribution in [-0.2, 0) is 4.79 Å². The van der Waals surface area contributed by atoms with Gasteiger partial charge in [0, 0.05) is 0 Å². The molecule has 14 heavy (non-hydrogen) atoms. The molecule has 6 nitrogen and oxygen atoms in total. The van der Waals surface area contributed by atoms with E-state index in [4.69, 9.17) is 5.11 Å². The van der Waals surface area contributed by atoms with Crippen LogP contribution in [0.25, 0.3) is 0 Å². The van der Waals surface area contributed by atoms with Crippen LogP contribution in [0.3, 0.4) is 0 Å². The number of hydrogen-bond donors (Lipinski definition) is 3. The van der Waals surface area contributed by atoms with Gasteiger partial charge in [-0.1, -0.05) is 12.8 Å². The summed E-state index contributed by atoms with van der Waals surface area (Å²) in [4.78, 5) is 10.8. The van der Waals surface area contributed by atoms with Gasteiger partial charge in [0.1, 0.15) is 0 Å². The van der Waals surface area contributed by atoms with Crippen LogP contribution >= 0.6 is 0 Å². The van der Waals surface area contributed by atoms with E-state index < -0.39 is 12.1 Å². The van der Waals surface area contributed by atoms with Crippen LogP contribution in [0, 0.1) is 0 Å². The van der Waals surface area contributed by atoms with Crippen molar-refractivity contribution < 1.29 is 20.3 Å². The highest BCUT2D eigenvalue weighted by atomic mass is 16.6. The fraction of sp³-hybridized carbons (Fsp3) is 0.875. The summed E-state index contributed by atoms with van der Waals surface area (Å²) in [6.07, 6.45) is 2.11. The number of hydrogen-bond acceptors (Lipinski definition) is 5. The van der Waals surface area contributed by atoms with Gasteiger partial charge in [0.2, 0.25) is 6.17 Å². The van der Waals surface area contributed by atoms with E-state index >= 15 is 0 Å². The van der Waals surface area contributed by atoms with Gasteiger partial charge in [-0.15, -0.1) is 0 Å². The Kier molecular flexibility index (Phi) is 2.44. The number of aliphatic carboxylic acids is 1. The van der Waals surface area contributed by atoms with Gasteiger partial charge < -0.3 is 15.5 Å². The fourth-order valence-electron chi connectivity index (χ4n) is 2.42. The molecule has 1 aliphatic carbocycles. The molecule has 2 aliphatic rings. The van der Waals surface area contributed by atoms with E-state index in [2.05, 4.69) is 0 Å². The predicted molar refractivity (Wildman–Crippen MR) is 44.7 cm³/mol. The molecule has 1 heterocycles. The van der Waals surface area contributed by atoms with Crippen LogP contribution in [0.2, 0.25) is 0 Å². The topological polar surface area (TPSA) is 84.2 Å². The Balaban J connectivity index is 2.19. The molecular formula is C8H14N2O4. The van der Waals surface area contributed by atoms with Crippen LogP contribution in [0.5, 0.6) is 0 Å². The molecule has 80 valence electrons. The molecule has 1 aliphatic heterocycles. The Morgan fingerprint density at radius 2 is 1.50 bits per heavy atom. The largest absolute Gasteiger partial charge is 0.479 e. The van der Waals surface area contributed by atoms with Gasteiger partial charge in [-0.25, -0.2) is 4.79 Å². The molecular weight excluding hydrogens is 188 g/mol. The zero-order valence-electron chi connectivity index (χ0n) is 7.70. The normalized spacial score (nSPS) is 39.7. The standard InChI is InChI=1S/C8H14N2O4/c11-8(12)7-9(13)5-3-1-2-4-6(5)10(7)14/h5-7,13-14H,1-4H2,(H,11,12)/t5-,6+,7?. The second kappa shape index (κ2) is 3.47. The molecule has 3 N–H and O–H groups in total. The first-order chi connectivity index (χ1) is 6.63. The van der Waals surface area contributed by atoms with Crippen molar-refractivity contribution in [2.24, 2.45) is 0 Å². The molecule has 0 aromatic rings. The second-order valence-corrected chi connectivity index (χ2v) is 3.89. The van der Waals surface area contributed by atoms with Gasteiger partial charge >= 0.3 is 5.97 Å². The molecule has 0 amide bonds. The van der Waals surface area contributed by atoms with Crippen LogP contribution in [0.4, 0.5) is 0 Å². The summed E-state index contributed by atoms with van der Waals surface area (Å²) < 4.78 is 0. The maximum absolute atomic E-state index is 10.8. The van der Waals surface area contributed by atoms with Gasteiger partial charge in [-0.05, 0) is 12.8 Å². The number of carboxylic acids is 1. The van der Waals surface area contributed by atoms with Gasteiger partial charge in [-0.3, -0.25) is 0 Å². The average molecular weight is 202 g/mol. The number of carboxylic acid groups (broad SMARTS) is 1. The molecule has 3 atom stereocenters. The van der Waals surface area contributed by atoms with Gasteiger partial charge in [-0.2, -0.15) is 10.1 Å². The Morgan fingerprint density at radius 3 is 1.86 bits per heavy atom. The van der Waals surface area contributed by atoms with Crippen molar-refractivity contribution in [1.82, 2.24) is 10.1 Å². The maximum Gasteiger partial charge on any atom is 0.340 e. The lowest BCUT2D eigenvalue weighted by Gasteiger charge is -2.27. The highest BCUT2D eigenvalue weighted by molar-refractivity contribution is 5.73. The minimum Gasteiger partial charge on any atom is -0.479 e. The minimum atomic E-state index is -1.30. The van der Waals surface area contributed by atoms with Gasteiger partial charge in [0.25, 0.3) is 0 Å². The molecule has 0 aromatic carbocycles. The molecule has 0 spiro atoms. The van der Waals surface area contributed by atoms with Crippen LogP contribution in [0.15, 0.2) is 0 Å². The first-order valence-corrected chi connectivity index (χ1v) is 4.80. The van der Waals surface area contributed by atoms with E-state index in [1.54, 1.807) is 0 Å². The van der Waals surface area contributed by atoms with Crippen molar-refractivity contribution in [2.75, 3.05) is 0 Å². The average Bonchev–Trinajstić information content (AvgIpc) is 2.41. The van der Waals surface area contributed by atoms with Crippen molar-refractivity contribution in [3.63, 3.8) is 0 Å².